The van der Waals surface area contributed by atoms with Crippen LogP contribution in [-0.2, 0) is 0 Å². The zero-order valence-electron chi connectivity index (χ0n) is 11.4. The summed E-state index contributed by atoms with van der Waals surface area (Å²) in [5.41, 5.74) is 1.55. The Bertz CT molecular complexity index is 230. The molecule has 1 aliphatic rings. The molecule has 0 aliphatic heterocycles. The number of aliphatic hydroxyl groups excluding tert-OH is 1. The molecule has 3 atom stereocenters. The van der Waals surface area contributed by atoms with Crippen LogP contribution < -0.4 is 0 Å². The number of hydrogen-bond donors (Lipinski definition) is 1. The lowest BCUT2D eigenvalue weighted by atomic mass is 9.79. The fourth-order valence-corrected chi connectivity index (χ4v) is 2.76. The molecular formula is C15H28O. The molecule has 0 saturated heterocycles. The first-order valence-electron chi connectivity index (χ1n) is 6.82. The molecule has 94 valence electrons. The third-order valence-corrected chi connectivity index (χ3v) is 3.87. The van der Waals surface area contributed by atoms with E-state index >= 15 is 0 Å². The molecule has 0 amide bonds. The minimum Gasteiger partial charge on any atom is -0.393 e. The normalized spacial score (nSPS) is 25.4. The Morgan fingerprint density at radius 3 is 2.50 bits per heavy atom. The van der Waals surface area contributed by atoms with Gasteiger partial charge in [0.05, 0.1) is 6.10 Å². The van der Waals surface area contributed by atoms with E-state index in [4.69, 9.17) is 0 Å². The van der Waals surface area contributed by atoms with E-state index in [1.807, 2.05) is 0 Å². The lowest BCUT2D eigenvalue weighted by Crippen LogP contribution is -2.21. The van der Waals surface area contributed by atoms with Crippen LogP contribution >= 0.6 is 0 Å². The molecular weight excluding hydrogens is 196 g/mol. The molecule has 0 saturated carbocycles. The van der Waals surface area contributed by atoms with Crippen molar-refractivity contribution in [3.8, 4) is 0 Å². The van der Waals surface area contributed by atoms with E-state index in [0.29, 0.717) is 11.8 Å². The van der Waals surface area contributed by atoms with Gasteiger partial charge in [0.2, 0.25) is 0 Å². The molecule has 0 heterocycles. The molecule has 0 aromatic rings. The molecule has 1 heteroatoms. The monoisotopic (exact) mass is 224 g/mol. The fourth-order valence-electron chi connectivity index (χ4n) is 2.76. The van der Waals surface area contributed by atoms with Crippen molar-refractivity contribution in [2.24, 2.45) is 17.8 Å². The predicted octanol–water partition coefficient (Wildman–Crippen LogP) is 4.17. The van der Waals surface area contributed by atoms with E-state index in [2.05, 4.69) is 33.8 Å². The topological polar surface area (TPSA) is 20.2 Å². The quantitative estimate of drug-likeness (QED) is 0.695. The van der Waals surface area contributed by atoms with Crippen LogP contribution in [0.2, 0.25) is 0 Å². The Labute approximate surface area is 101 Å². The Hall–Kier alpha value is -0.300. The molecule has 0 spiro atoms. The second-order valence-electron chi connectivity index (χ2n) is 6.08. The summed E-state index contributed by atoms with van der Waals surface area (Å²) in [6, 6.07) is 0. The van der Waals surface area contributed by atoms with Gasteiger partial charge in [-0.3, -0.25) is 0 Å². The second kappa shape index (κ2) is 6.44. The van der Waals surface area contributed by atoms with E-state index in [9.17, 15) is 5.11 Å². The molecule has 1 N–H and O–H groups in total. The van der Waals surface area contributed by atoms with Crippen LogP contribution in [0.25, 0.3) is 0 Å². The third-order valence-electron chi connectivity index (χ3n) is 3.87. The average molecular weight is 224 g/mol. The van der Waals surface area contributed by atoms with Crippen molar-refractivity contribution in [1.82, 2.24) is 0 Å². The summed E-state index contributed by atoms with van der Waals surface area (Å²) in [4.78, 5) is 0. The van der Waals surface area contributed by atoms with Crippen molar-refractivity contribution < 1.29 is 5.11 Å². The van der Waals surface area contributed by atoms with Gasteiger partial charge in [-0.2, -0.15) is 0 Å². The highest BCUT2D eigenvalue weighted by Gasteiger charge is 2.21. The maximum absolute atomic E-state index is 9.96. The number of allylic oxidation sites excluding steroid dienone is 2. The van der Waals surface area contributed by atoms with Gasteiger partial charge in [0.1, 0.15) is 0 Å². The highest BCUT2D eigenvalue weighted by atomic mass is 16.3. The van der Waals surface area contributed by atoms with Gasteiger partial charge in [0.25, 0.3) is 0 Å². The summed E-state index contributed by atoms with van der Waals surface area (Å²) in [7, 11) is 0. The summed E-state index contributed by atoms with van der Waals surface area (Å²) >= 11 is 0. The Kier molecular flexibility index (Phi) is 5.54. The van der Waals surface area contributed by atoms with Gasteiger partial charge in [0, 0.05) is 0 Å². The van der Waals surface area contributed by atoms with Crippen LogP contribution in [0.3, 0.4) is 0 Å². The lowest BCUT2D eigenvalue weighted by molar-refractivity contribution is 0.106. The lowest BCUT2D eigenvalue weighted by Gasteiger charge is -2.28. The van der Waals surface area contributed by atoms with Gasteiger partial charge < -0.3 is 5.11 Å². The zero-order valence-corrected chi connectivity index (χ0v) is 11.4. The molecule has 1 unspecified atom stereocenters. The van der Waals surface area contributed by atoms with Crippen molar-refractivity contribution in [2.75, 3.05) is 0 Å². The molecule has 0 radical (unpaired) electrons. The summed E-state index contributed by atoms with van der Waals surface area (Å²) in [5, 5.41) is 9.96. The van der Waals surface area contributed by atoms with Crippen LogP contribution in [0.5, 0.6) is 0 Å². The minimum atomic E-state index is -0.0954. The third kappa shape index (κ3) is 4.69. The van der Waals surface area contributed by atoms with E-state index in [1.54, 1.807) is 5.57 Å². The second-order valence-corrected chi connectivity index (χ2v) is 6.08. The van der Waals surface area contributed by atoms with Gasteiger partial charge in [-0.15, -0.1) is 0 Å². The average Bonchev–Trinajstić information content (AvgIpc) is 2.16. The van der Waals surface area contributed by atoms with Crippen LogP contribution in [0.1, 0.15) is 59.8 Å². The summed E-state index contributed by atoms with van der Waals surface area (Å²) in [6.45, 7) is 8.90. The number of rotatable bonds is 5. The van der Waals surface area contributed by atoms with Crippen molar-refractivity contribution in [3.63, 3.8) is 0 Å². The van der Waals surface area contributed by atoms with Gasteiger partial charge in [-0.25, -0.2) is 0 Å². The summed E-state index contributed by atoms with van der Waals surface area (Å²) in [6.07, 6.45) is 8.03. The maximum atomic E-state index is 9.96. The molecule has 1 rings (SSSR count). The smallest absolute Gasteiger partial charge is 0.0545 e. The van der Waals surface area contributed by atoms with Crippen LogP contribution in [-0.4, -0.2) is 11.2 Å². The van der Waals surface area contributed by atoms with Crippen LogP contribution in [0.4, 0.5) is 0 Å². The summed E-state index contributed by atoms with van der Waals surface area (Å²) in [5.74, 6) is 2.07. The van der Waals surface area contributed by atoms with Gasteiger partial charge in [-0.05, 0) is 56.8 Å². The zero-order chi connectivity index (χ0) is 12.1. The maximum Gasteiger partial charge on any atom is 0.0545 e. The van der Waals surface area contributed by atoms with Crippen molar-refractivity contribution >= 4 is 0 Å². The molecule has 1 aliphatic carbocycles. The highest BCUT2D eigenvalue weighted by Crippen LogP contribution is 2.32. The van der Waals surface area contributed by atoms with Gasteiger partial charge in [0.15, 0.2) is 0 Å². The van der Waals surface area contributed by atoms with E-state index in [-0.39, 0.29) is 6.10 Å². The number of hydrogen-bond acceptors (Lipinski definition) is 1. The molecule has 0 aromatic heterocycles. The Morgan fingerprint density at radius 2 is 2.00 bits per heavy atom. The first kappa shape index (κ1) is 13.8. The molecule has 0 aromatic carbocycles. The highest BCUT2D eigenvalue weighted by molar-refractivity contribution is 5.03. The standard InChI is InChI=1S/C15H28O/c1-11(2)9-15(16)10-13(4)14-7-5-12(3)6-8-14/h5,11,13-16H,6-10H2,1-4H3/t13-,14-,15?/m0/s1. The molecule has 0 bridgehead atoms. The molecule has 0 fully saturated rings. The Morgan fingerprint density at radius 1 is 1.31 bits per heavy atom. The van der Waals surface area contributed by atoms with Gasteiger partial charge in [-0.1, -0.05) is 32.4 Å². The van der Waals surface area contributed by atoms with Crippen LogP contribution in [0, 0.1) is 17.8 Å². The van der Waals surface area contributed by atoms with Crippen molar-refractivity contribution in [2.45, 2.75) is 65.9 Å². The fraction of sp³-hybridized carbons (Fsp3) is 0.867. The largest absolute Gasteiger partial charge is 0.393 e. The predicted molar refractivity (Wildman–Crippen MR) is 70.3 cm³/mol. The Balaban J connectivity index is 2.32. The molecule has 1 nitrogen and oxygen atoms in total. The SMILES string of the molecule is CC1=CC[C@H]([C@@H](C)CC(O)CC(C)C)CC1. The first-order chi connectivity index (χ1) is 7.49. The van der Waals surface area contributed by atoms with Crippen LogP contribution in [0.15, 0.2) is 11.6 Å². The van der Waals surface area contributed by atoms with Crippen molar-refractivity contribution in [1.29, 1.82) is 0 Å². The molecule has 16 heavy (non-hydrogen) atoms. The summed E-state index contributed by atoms with van der Waals surface area (Å²) < 4.78 is 0. The van der Waals surface area contributed by atoms with E-state index < -0.39 is 0 Å². The van der Waals surface area contributed by atoms with E-state index in [1.165, 1.54) is 19.3 Å². The first-order valence-corrected chi connectivity index (χ1v) is 6.82. The van der Waals surface area contributed by atoms with Crippen molar-refractivity contribution in [3.05, 3.63) is 11.6 Å². The van der Waals surface area contributed by atoms with E-state index in [0.717, 1.165) is 18.8 Å². The minimum absolute atomic E-state index is 0.0954. The number of aliphatic hydroxyl groups is 1. The van der Waals surface area contributed by atoms with Gasteiger partial charge >= 0.3 is 0 Å².